The first-order chi connectivity index (χ1) is 18.8. The number of esters is 1. The number of imidazole rings is 1. The van der Waals surface area contributed by atoms with Crippen molar-refractivity contribution in [2.24, 2.45) is 5.92 Å². The van der Waals surface area contributed by atoms with E-state index in [-0.39, 0.29) is 18.4 Å². The van der Waals surface area contributed by atoms with E-state index in [0.29, 0.717) is 30.6 Å². The molecule has 2 unspecified atom stereocenters. The zero-order valence-corrected chi connectivity index (χ0v) is 25.6. The van der Waals surface area contributed by atoms with Crippen LogP contribution in [0.25, 0.3) is 10.5 Å². The average molecular weight is 567 g/mol. The Morgan fingerprint density at radius 3 is 1.98 bits per heavy atom. The highest BCUT2D eigenvalue weighted by Gasteiger charge is 2.63. The number of benzene rings is 1. The van der Waals surface area contributed by atoms with E-state index in [9.17, 15) is 14.4 Å². The van der Waals surface area contributed by atoms with Crippen LogP contribution in [0.2, 0.25) is 0 Å². The minimum Gasteiger partial charge on any atom is -0.459 e. The molecule has 2 amide bonds. The Kier molecular flexibility index (Phi) is 8.92. The molecule has 0 radical (unpaired) electrons. The number of carbonyl (C=O) groups excluding carboxylic acids is 3. The first-order valence-corrected chi connectivity index (χ1v) is 13.8. The molecule has 0 aliphatic heterocycles. The molecule has 10 nitrogen and oxygen atoms in total. The Hall–Kier alpha value is -3.87. The molecular weight excluding hydrogens is 524 g/mol. The smallest absolute Gasteiger partial charge is 0.419 e. The lowest BCUT2D eigenvalue weighted by molar-refractivity contribution is -0.158. The molecule has 0 bridgehead atoms. The van der Waals surface area contributed by atoms with Crippen molar-refractivity contribution < 1.29 is 28.6 Å². The van der Waals surface area contributed by atoms with Crippen molar-refractivity contribution in [3.63, 3.8) is 0 Å². The molecule has 0 spiro atoms. The van der Waals surface area contributed by atoms with Gasteiger partial charge in [0.15, 0.2) is 5.69 Å². The highest BCUT2D eigenvalue weighted by molar-refractivity contribution is 5.88. The lowest BCUT2D eigenvalue weighted by Gasteiger charge is -2.28. The van der Waals surface area contributed by atoms with E-state index in [0.717, 1.165) is 10.6 Å². The van der Waals surface area contributed by atoms with E-state index >= 15 is 0 Å². The second-order valence-corrected chi connectivity index (χ2v) is 13.4. The maximum absolute atomic E-state index is 13.5. The fourth-order valence-corrected chi connectivity index (χ4v) is 4.50. The molecule has 0 saturated heterocycles. The molecule has 2 atom stereocenters. The molecule has 1 aliphatic carbocycles. The molecule has 1 aromatic carbocycles. The summed E-state index contributed by atoms with van der Waals surface area (Å²) in [4.78, 5) is 48.3. The molecular formula is C31H42N4O6. The van der Waals surface area contributed by atoms with Gasteiger partial charge in [-0.25, -0.2) is 24.3 Å². The topological polar surface area (TPSA) is 104 Å². The molecule has 222 valence electrons. The van der Waals surface area contributed by atoms with Gasteiger partial charge in [0, 0.05) is 18.4 Å². The number of rotatable bonds is 7. The summed E-state index contributed by atoms with van der Waals surface area (Å²) in [6, 6.07) is 7.11. The third kappa shape index (κ3) is 8.32. The van der Waals surface area contributed by atoms with Crippen molar-refractivity contribution in [1.29, 1.82) is 0 Å². The monoisotopic (exact) mass is 566 g/mol. The summed E-state index contributed by atoms with van der Waals surface area (Å²) in [5, 5.41) is 0. The SMILES string of the molecule is [C-]#[N+]c1ccc(-n2cnc(C3(C(=O)OC(C)(C)C)CC3CCCN(C(=O)OC(C)(C)C)C(=O)OC(C)(C)C)c2)cc1. The van der Waals surface area contributed by atoms with Crippen molar-refractivity contribution in [3.8, 4) is 5.69 Å². The van der Waals surface area contributed by atoms with Gasteiger partial charge in [-0.1, -0.05) is 12.1 Å². The van der Waals surface area contributed by atoms with Crippen LogP contribution >= 0.6 is 0 Å². The largest absolute Gasteiger partial charge is 0.459 e. The van der Waals surface area contributed by atoms with Crippen LogP contribution in [0, 0.1) is 12.5 Å². The van der Waals surface area contributed by atoms with Gasteiger partial charge in [0.05, 0.1) is 18.6 Å². The molecule has 2 aromatic rings. The summed E-state index contributed by atoms with van der Waals surface area (Å²) in [5.41, 5.74) is -1.23. The normalized spacial score (nSPS) is 18.7. The second-order valence-electron chi connectivity index (χ2n) is 13.4. The van der Waals surface area contributed by atoms with Crippen molar-refractivity contribution in [2.75, 3.05) is 6.54 Å². The Balaban J connectivity index is 1.80. The molecule has 1 fully saturated rings. The van der Waals surface area contributed by atoms with Gasteiger partial charge in [-0.3, -0.25) is 4.79 Å². The summed E-state index contributed by atoms with van der Waals surface area (Å²) in [6.45, 7) is 23.1. The molecule has 1 aliphatic rings. The number of imide groups is 1. The van der Waals surface area contributed by atoms with Crippen LogP contribution in [0.1, 0.15) is 87.3 Å². The minimum atomic E-state index is -0.933. The van der Waals surface area contributed by atoms with Crippen LogP contribution in [0.5, 0.6) is 0 Å². The predicted molar refractivity (Wildman–Crippen MR) is 154 cm³/mol. The van der Waals surface area contributed by atoms with E-state index in [1.807, 2.05) is 43.7 Å². The van der Waals surface area contributed by atoms with Crippen LogP contribution in [0.3, 0.4) is 0 Å². The van der Waals surface area contributed by atoms with Gasteiger partial charge in [0.2, 0.25) is 0 Å². The van der Waals surface area contributed by atoms with Crippen molar-refractivity contribution in [1.82, 2.24) is 14.5 Å². The zero-order valence-electron chi connectivity index (χ0n) is 25.6. The Morgan fingerprint density at radius 2 is 1.49 bits per heavy atom. The molecule has 10 heteroatoms. The number of hydrogen-bond acceptors (Lipinski definition) is 7. The number of carbonyl (C=O) groups is 3. The number of ether oxygens (including phenoxy) is 3. The van der Waals surface area contributed by atoms with Crippen molar-refractivity contribution >= 4 is 23.8 Å². The van der Waals surface area contributed by atoms with Crippen LogP contribution < -0.4 is 0 Å². The molecule has 3 rings (SSSR count). The zero-order chi connectivity index (χ0) is 30.8. The summed E-state index contributed by atoms with van der Waals surface area (Å²) < 4.78 is 18.6. The number of nitrogens with zero attached hydrogens (tertiary/aromatic N) is 4. The second kappa shape index (κ2) is 11.6. The Morgan fingerprint density at radius 1 is 0.951 bits per heavy atom. The fourth-order valence-electron chi connectivity index (χ4n) is 4.50. The van der Waals surface area contributed by atoms with Crippen molar-refractivity contribution in [2.45, 2.75) is 104 Å². The van der Waals surface area contributed by atoms with Gasteiger partial charge in [-0.15, -0.1) is 0 Å². The summed E-state index contributed by atoms with van der Waals surface area (Å²) >= 11 is 0. The van der Waals surface area contributed by atoms with Crippen LogP contribution in [0.15, 0.2) is 36.8 Å². The van der Waals surface area contributed by atoms with Gasteiger partial charge >= 0.3 is 18.2 Å². The molecule has 41 heavy (non-hydrogen) atoms. The van der Waals surface area contributed by atoms with E-state index < -0.39 is 34.4 Å². The summed E-state index contributed by atoms with van der Waals surface area (Å²) in [7, 11) is 0. The van der Waals surface area contributed by atoms with Crippen LogP contribution in [-0.2, 0) is 24.4 Å². The highest BCUT2D eigenvalue weighted by atomic mass is 16.6. The highest BCUT2D eigenvalue weighted by Crippen LogP contribution is 2.57. The third-order valence-electron chi connectivity index (χ3n) is 6.35. The summed E-state index contributed by atoms with van der Waals surface area (Å²) in [6.07, 6.45) is 3.45. The molecule has 1 saturated carbocycles. The van der Waals surface area contributed by atoms with E-state index in [2.05, 4.69) is 9.83 Å². The predicted octanol–water partition coefficient (Wildman–Crippen LogP) is 6.97. The Labute approximate surface area is 242 Å². The minimum absolute atomic E-state index is 0.0760. The van der Waals surface area contributed by atoms with E-state index in [4.69, 9.17) is 20.8 Å². The first-order valence-electron chi connectivity index (χ1n) is 13.8. The van der Waals surface area contributed by atoms with Gasteiger partial charge in [0.25, 0.3) is 0 Å². The molecule has 1 heterocycles. The first kappa shape index (κ1) is 31.7. The quantitative estimate of drug-likeness (QED) is 0.202. The number of aromatic nitrogens is 2. The Bertz CT molecular complexity index is 1280. The standard InChI is InChI=1S/C31H42N4O6/c1-28(2,3)39-25(36)31(24-19-34(20-33-24)23-15-13-22(32-10)14-16-23)18-21(31)12-11-17-35(26(37)40-29(4,5)6)27(38)41-30(7,8)9/h13-16,19-21H,11-12,17-18H2,1-9H3. The third-order valence-corrected chi connectivity index (χ3v) is 6.35. The average Bonchev–Trinajstić information content (AvgIpc) is 3.34. The maximum Gasteiger partial charge on any atom is 0.419 e. The lowest BCUT2D eigenvalue weighted by Crippen LogP contribution is -2.44. The van der Waals surface area contributed by atoms with E-state index in [1.54, 1.807) is 60.0 Å². The summed E-state index contributed by atoms with van der Waals surface area (Å²) in [5.74, 6) is -0.441. The maximum atomic E-state index is 13.5. The van der Waals surface area contributed by atoms with Crippen molar-refractivity contribution in [3.05, 3.63) is 53.9 Å². The van der Waals surface area contributed by atoms with Gasteiger partial charge < -0.3 is 18.8 Å². The number of hydrogen-bond donors (Lipinski definition) is 0. The molecule has 0 N–H and O–H groups in total. The lowest BCUT2D eigenvalue weighted by atomic mass is 9.97. The molecule has 1 aromatic heterocycles. The van der Waals surface area contributed by atoms with Gasteiger partial charge in [-0.05, 0) is 99.6 Å². The van der Waals surface area contributed by atoms with Gasteiger partial charge in [0.1, 0.15) is 22.2 Å². The van der Waals surface area contributed by atoms with Gasteiger partial charge in [-0.2, -0.15) is 0 Å². The van der Waals surface area contributed by atoms with Crippen LogP contribution in [-0.4, -0.2) is 56.0 Å². The van der Waals surface area contributed by atoms with E-state index in [1.165, 1.54) is 0 Å². The fraction of sp³-hybridized carbons (Fsp3) is 0.581. The van der Waals surface area contributed by atoms with Crippen LogP contribution in [0.4, 0.5) is 15.3 Å². The number of amides is 2.